The van der Waals surface area contributed by atoms with Crippen molar-refractivity contribution < 1.29 is 19.4 Å². The number of hydrogen-bond acceptors (Lipinski definition) is 3. The normalized spacial score (nSPS) is 8.15. The number of rotatable bonds is 4. The zero-order valence-corrected chi connectivity index (χ0v) is 8.08. The standard InChI is InChI=1S/C7H14O2.CH3NO2/c1-3-4-5-6-9-7(2)8;2-1(3)4/h3-6H2,1-2H3;2H2,(H,3,4). The van der Waals surface area contributed by atoms with Gasteiger partial charge in [-0.25, -0.2) is 4.79 Å². The molecule has 78 valence electrons. The molecule has 0 saturated carbocycles. The molecule has 0 aliphatic heterocycles. The fourth-order valence-corrected chi connectivity index (χ4v) is 0.568. The minimum Gasteiger partial charge on any atom is -0.466 e. The molecule has 0 bridgehead atoms. The summed E-state index contributed by atoms with van der Waals surface area (Å²) < 4.78 is 4.70. The number of nitrogens with two attached hydrogens (primary N) is 1. The van der Waals surface area contributed by atoms with Gasteiger partial charge in [-0.1, -0.05) is 19.8 Å². The smallest absolute Gasteiger partial charge is 0.402 e. The minimum absolute atomic E-state index is 0.175. The summed E-state index contributed by atoms with van der Waals surface area (Å²) in [6.07, 6.45) is 1.98. The molecule has 0 saturated heterocycles. The molecule has 0 aliphatic rings. The van der Waals surface area contributed by atoms with Crippen molar-refractivity contribution in [2.75, 3.05) is 6.61 Å². The van der Waals surface area contributed by atoms with E-state index >= 15 is 0 Å². The van der Waals surface area contributed by atoms with E-state index < -0.39 is 6.09 Å². The van der Waals surface area contributed by atoms with Gasteiger partial charge in [-0.3, -0.25) is 4.79 Å². The van der Waals surface area contributed by atoms with E-state index in [1.807, 2.05) is 0 Å². The highest BCUT2D eigenvalue weighted by molar-refractivity contribution is 5.65. The molecule has 0 spiro atoms. The molecule has 5 heteroatoms. The molecule has 5 nitrogen and oxygen atoms in total. The molecule has 1 amide bonds. The van der Waals surface area contributed by atoms with Crippen molar-refractivity contribution >= 4 is 12.1 Å². The highest BCUT2D eigenvalue weighted by Crippen LogP contribution is 1.93. The van der Waals surface area contributed by atoms with Crippen LogP contribution in [0.3, 0.4) is 0 Å². The molecular weight excluding hydrogens is 174 g/mol. The van der Waals surface area contributed by atoms with Crippen LogP contribution in [0.4, 0.5) is 4.79 Å². The van der Waals surface area contributed by atoms with Crippen LogP contribution in [0.15, 0.2) is 0 Å². The van der Waals surface area contributed by atoms with Crippen molar-refractivity contribution in [3.8, 4) is 0 Å². The summed E-state index contributed by atoms with van der Waals surface area (Å²) in [7, 11) is 0. The maximum Gasteiger partial charge on any atom is 0.402 e. The minimum atomic E-state index is -1.33. The quantitative estimate of drug-likeness (QED) is 0.518. The van der Waals surface area contributed by atoms with Crippen molar-refractivity contribution in [1.82, 2.24) is 0 Å². The molecular formula is C8H17NO4. The summed E-state index contributed by atoms with van der Waals surface area (Å²) >= 11 is 0. The molecule has 13 heavy (non-hydrogen) atoms. The second-order valence-electron chi connectivity index (χ2n) is 2.39. The van der Waals surface area contributed by atoms with E-state index in [1.54, 1.807) is 0 Å². The van der Waals surface area contributed by atoms with E-state index in [0.29, 0.717) is 6.61 Å². The Morgan fingerprint density at radius 1 is 1.38 bits per heavy atom. The van der Waals surface area contributed by atoms with Gasteiger partial charge in [0, 0.05) is 6.92 Å². The van der Waals surface area contributed by atoms with Crippen LogP contribution in [-0.2, 0) is 9.53 Å². The van der Waals surface area contributed by atoms with Crippen LogP contribution in [0.2, 0.25) is 0 Å². The van der Waals surface area contributed by atoms with Gasteiger partial charge in [0.05, 0.1) is 6.61 Å². The average molecular weight is 191 g/mol. The van der Waals surface area contributed by atoms with Gasteiger partial charge in [-0.2, -0.15) is 0 Å². The van der Waals surface area contributed by atoms with E-state index in [-0.39, 0.29) is 5.97 Å². The Labute approximate surface area is 77.9 Å². The van der Waals surface area contributed by atoms with Gasteiger partial charge in [-0.05, 0) is 6.42 Å². The van der Waals surface area contributed by atoms with E-state index in [2.05, 4.69) is 12.7 Å². The van der Waals surface area contributed by atoms with Crippen molar-refractivity contribution in [3.63, 3.8) is 0 Å². The van der Waals surface area contributed by atoms with E-state index in [0.717, 1.165) is 12.8 Å². The summed E-state index contributed by atoms with van der Waals surface area (Å²) in [6.45, 7) is 4.14. The first kappa shape index (κ1) is 14.3. The summed E-state index contributed by atoms with van der Waals surface area (Å²) in [6, 6.07) is 0. The summed E-state index contributed by atoms with van der Waals surface area (Å²) in [5, 5.41) is 7.19. The molecule has 0 heterocycles. The number of amides is 1. The van der Waals surface area contributed by atoms with Crippen molar-refractivity contribution in [1.29, 1.82) is 0 Å². The number of primary amides is 1. The van der Waals surface area contributed by atoms with Gasteiger partial charge in [0.25, 0.3) is 0 Å². The molecule has 0 unspecified atom stereocenters. The second-order valence-corrected chi connectivity index (χ2v) is 2.39. The molecule has 0 aromatic heterocycles. The second kappa shape index (κ2) is 10.7. The third kappa shape index (κ3) is 36.5. The molecule has 0 rings (SSSR count). The Balaban J connectivity index is 0. The number of carboxylic acid groups (broad SMARTS) is 1. The van der Waals surface area contributed by atoms with Gasteiger partial charge in [0.2, 0.25) is 0 Å². The molecule has 0 fully saturated rings. The predicted octanol–water partition coefficient (Wildman–Crippen LogP) is 1.36. The topological polar surface area (TPSA) is 89.6 Å². The largest absolute Gasteiger partial charge is 0.466 e. The lowest BCUT2D eigenvalue weighted by Gasteiger charge is -1.98. The molecule has 3 N–H and O–H groups in total. The van der Waals surface area contributed by atoms with Crippen LogP contribution in [0.25, 0.3) is 0 Å². The van der Waals surface area contributed by atoms with Crippen molar-refractivity contribution in [2.24, 2.45) is 5.73 Å². The Bertz CT molecular complexity index is 143. The van der Waals surface area contributed by atoms with E-state index in [1.165, 1.54) is 13.3 Å². The highest BCUT2D eigenvalue weighted by Gasteiger charge is 1.89. The van der Waals surface area contributed by atoms with Crippen molar-refractivity contribution in [3.05, 3.63) is 0 Å². The highest BCUT2D eigenvalue weighted by atomic mass is 16.5. The number of esters is 1. The van der Waals surface area contributed by atoms with Crippen LogP contribution in [-0.4, -0.2) is 23.8 Å². The third-order valence-corrected chi connectivity index (χ3v) is 1.05. The van der Waals surface area contributed by atoms with E-state index in [4.69, 9.17) is 14.6 Å². The number of hydrogen-bond donors (Lipinski definition) is 2. The Kier molecular flexibility index (Phi) is 11.8. The lowest BCUT2D eigenvalue weighted by atomic mass is 10.3. The van der Waals surface area contributed by atoms with Crippen LogP contribution in [0.5, 0.6) is 0 Å². The first-order valence-corrected chi connectivity index (χ1v) is 4.12. The molecule has 0 radical (unpaired) electrons. The summed E-state index contributed by atoms with van der Waals surface area (Å²) in [5.74, 6) is -0.175. The first-order chi connectivity index (χ1) is 6.00. The molecule has 0 aromatic rings. The Hall–Kier alpha value is -1.26. The lowest BCUT2D eigenvalue weighted by molar-refractivity contribution is -0.141. The van der Waals surface area contributed by atoms with Crippen LogP contribution >= 0.6 is 0 Å². The van der Waals surface area contributed by atoms with Crippen LogP contribution < -0.4 is 5.73 Å². The van der Waals surface area contributed by atoms with Gasteiger partial charge < -0.3 is 15.6 Å². The molecule has 0 aliphatic carbocycles. The summed E-state index contributed by atoms with van der Waals surface area (Å²) in [4.78, 5) is 19.0. The fraction of sp³-hybridized carbons (Fsp3) is 0.750. The number of ether oxygens (including phenoxy) is 1. The zero-order valence-electron chi connectivity index (χ0n) is 8.08. The number of carbonyl (C=O) groups excluding carboxylic acids is 1. The Morgan fingerprint density at radius 3 is 2.15 bits per heavy atom. The average Bonchev–Trinajstić information content (AvgIpc) is 1.97. The van der Waals surface area contributed by atoms with Gasteiger partial charge >= 0.3 is 12.1 Å². The lowest BCUT2D eigenvalue weighted by Crippen LogP contribution is -2.03. The maximum absolute atomic E-state index is 10.2. The van der Waals surface area contributed by atoms with E-state index in [9.17, 15) is 4.79 Å². The monoisotopic (exact) mass is 191 g/mol. The van der Waals surface area contributed by atoms with Gasteiger partial charge in [0.15, 0.2) is 0 Å². The maximum atomic E-state index is 10.2. The SMILES string of the molecule is CCCCCOC(C)=O.NC(=O)O. The number of carbonyl (C=O) groups is 2. The summed E-state index contributed by atoms with van der Waals surface area (Å²) in [5.41, 5.74) is 4.03. The number of unbranched alkanes of at least 4 members (excludes halogenated alkanes) is 2. The van der Waals surface area contributed by atoms with Crippen LogP contribution in [0, 0.1) is 0 Å². The predicted molar refractivity (Wildman–Crippen MR) is 48.4 cm³/mol. The Morgan fingerprint density at radius 2 is 1.85 bits per heavy atom. The van der Waals surface area contributed by atoms with Gasteiger partial charge in [-0.15, -0.1) is 0 Å². The zero-order chi connectivity index (χ0) is 10.7. The van der Waals surface area contributed by atoms with Crippen LogP contribution in [0.1, 0.15) is 33.1 Å². The molecule has 0 aromatic carbocycles. The van der Waals surface area contributed by atoms with Crippen molar-refractivity contribution in [2.45, 2.75) is 33.1 Å². The molecule has 0 atom stereocenters. The fourth-order valence-electron chi connectivity index (χ4n) is 0.568. The third-order valence-electron chi connectivity index (χ3n) is 1.05. The van der Waals surface area contributed by atoms with Gasteiger partial charge in [0.1, 0.15) is 0 Å². The first-order valence-electron chi connectivity index (χ1n) is 4.12.